The van der Waals surface area contributed by atoms with Crippen LogP contribution in [0.15, 0.2) is 41.3 Å². The lowest BCUT2D eigenvalue weighted by atomic mass is 10.1. The van der Waals surface area contributed by atoms with E-state index >= 15 is 0 Å². The van der Waals surface area contributed by atoms with Crippen LogP contribution in [0.3, 0.4) is 0 Å². The molecule has 0 amide bonds. The Morgan fingerprint density at radius 3 is 2.56 bits per heavy atom. The summed E-state index contributed by atoms with van der Waals surface area (Å²) in [6, 6.07) is 5.82. The van der Waals surface area contributed by atoms with Crippen LogP contribution in [0, 0.1) is 0 Å². The molecule has 0 aromatic heterocycles. The molecule has 0 saturated heterocycles. The highest BCUT2D eigenvalue weighted by Crippen LogP contribution is 2.19. The Morgan fingerprint density at radius 1 is 1.17 bits per heavy atom. The lowest BCUT2D eigenvalue weighted by Gasteiger charge is -2.08. The van der Waals surface area contributed by atoms with Crippen molar-refractivity contribution < 1.29 is 13.6 Å². The van der Waals surface area contributed by atoms with Crippen LogP contribution in [0.5, 0.6) is 0 Å². The van der Waals surface area contributed by atoms with Gasteiger partial charge in [-0.3, -0.25) is 0 Å². The van der Waals surface area contributed by atoms with Crippen LogP contribution < -0.4 is 0 Å². The van der Waals surface area contributed by atoms with Gasteiger partial charge >= 0.3 is 0 Å². The van der Waals surface area contributed by atoms with Crippen molar-refractivity contribution in [2.45, 2.75) is 32.1 Å². The predicted molar refractivity (Wildman–Crippen MR) is 65.6 cm³/mol. The lowest BCUT2D eigenvalue weighted by molar-refractivity contribution is 0.151. The average molecular weight is 250 g/mol. The minimum Gasteiger partial charge on any atom is -0.361 e. The summed E-state index contributed by atoms with van der Waals surface area (Å²) in [6.45, 7) is 0. The van der Waals surface area contributed by atoms with Crippen LogP contribution in [-0.4, -0.2) is 6.21 Å². The Kier molecular flexibility index (Phi) is 4.45. The summed E-state index contributed by atoms with van der Waals surface area (Å²) in [5.41, 5.74) is 0.618. The molecule has 95 valence electrons. The van der Waals surface area contributed by atoms with E-state index in [4.69, 9.17) is 4.84 Å². The van der Waals surface area contributed by atoms with Gasteiger partial charge in [0.25, 0.3) is 6.43 Å². The molecule has 0 aliphatic heterocycles. The van der Waals surface area contributed by atoms with Gasteiger partial charge < -0.3 is 4.84 Å². The van der Waals surface area contributed by atoms with Crippen molar-refractivity contribution in [2.75, 3.05) is 0 Å². The summed E-state index contributed by atoms with van der Waals surface area (Å²) in [5.74, 6) is 0.859. The molecule has 1 aliphatic rings. The predicted octanol–water partition coefficient (Wildman–Crippen LogP) is 4.31. The molecular weight excluding hydrogens is 236 g/mol. The van der Waals surface area contributed by atoms with E-state index < -0.39 is 6.43 Å². The van der Waals surface area contributed by atoms with Crippen LogP contribution in [0.25, 0.3) is 0 Å². The first kappa shape index (κ1) is 12.7. The monoisotopic (exact) mass is 250 g/mol. The zero-order chi connectivity index (χ0) is 12.8. The number of rotatable bonds is 4. The van der Waals surface area contributed by atoms with E-state index in [1.54, 1.807) is 12.1 Å². The SMILES string of the molecule is FC(F)c1ccc([C]=NOC2=CCCCC2)cc1. The van der Waals surface area contributed by atoms with E-state index in [1.807, 2.05) is 6.08 Å². The summed E-state index contributed by atoms with van der Waals surface area (Å²) in [4.78, 5) is 5.19. The first-order valence-corrected chi connectivity index (χ1v) is 5.96. The Morgan fingerprint density at radius 2 is 1.94 bits per heavy atom. The van der Waals surface area contributed by atoms with Crippen molar-refractivity contribution in [3.05, 3.63) is 47.2 Å². The maximum atomic E-state index is 12.3. The molecule has 2 nitrogen and oxygen atoms in total. The normalized spacial score (nSPS) is 16.1. The summed E-state index contributed by atoms with van der Waals surface area (Å²) in [7, 11) is 0. The number of nitrogens with zero attached hydrogens (tertiary/aromatic N) is 1. The second kappa shape index (κ2) is 6.28. The summed E-state index contributed by atoms with van der Waals surface area (Å²) in [6.07, 6.45) is 6.48. The quantitative estimate of drug-likeness (QED) is 0.576. The molecule has 4 heteroatoms. The first-order chi connectivity index (χ1) is 8.75. The van der Waals surface area contributed by atoms with Gasteiger partial charge in [0.2, 0.25) is 0 Å². The van der Waals surface area contributed by atoms with Gasteiger partial charge in [-0.05, 0) is 25.3 Å². The molecule has 0 fully saturated rings. The van der Waals surface area contributed by atoms with Crippen LogP contribution in [0.1, 0.15) is 43.2 Å². The minimum atomic E-state index is -2.44. The lowest BCUT2D eigenvalue weighted by Crippen LogP contribution is -1.93. The van der Waals surface area contributed by atoms with E-state index in [9.17, 15) is 8.78 Å². The van der Waals surface area contributed by atoms with E-state index in [0.717, 1.165) is 25.0 Å². The van der Waals surface area contributed by atoms with Gasteiger partial charge in [0.15, 0.2) is 0 Å². The van der Waals surface area contributed by atoms with E-state index in [1.165, 1.54) is 18.6 Å². The molecule has 0 spiro atoms. The van der Waals surface area contributed by atoms with E-state index in [-0.39, 0.29) is 5.56 Å². The molecule has 0 saturated carbocycles. The highest BCUT2D eigenvalue weighted by molar-refractivity contribution is 5.79. The van der Waals surface area contributed by atoms with Crippen LogP contribution in [0.4, 0.5) is 8.78 Å². The van der Waals surface area contributed by atoms with Crippen molar-refractivity contribution in [3.63, 3.8) is 0 Å². The number of hydrogen-bond donors (Lipinski definition) is 0. The van der Waals surface area contributed by atoms with E-state index in [2.05, 4.69) is 11.4 Å². The number of benzene rings is 1. The Labute approximate surface area is 105 Å². The maximum absolute atomic E-state index is 12.3. The van der Waals surface area contributed by atoms with Crippen molar-refractivity contribution in [3.8, 4) is 0 Å². The fourth-order valence-electron chi connectivity index (χ4n) is 1.73. The topological polar surface area (TPSA) is 21.6 Å². The molecule has 1 aromatic carbocycles. The molecule has 0 N–H and O–H groups in total. The molecule has 0 unspecified atom stereocenters. The third kappa shape index (κ3) is 3.65. The van der Waals surface area contributed by atoms with Crippen LogP contribution in [-0.2, 0) is 4.84 Å². The smallest absolute Gasteiger partial charge is 0.263 e. The van der Waals surface area contributed by atoms with Gasteiger partial charge in [-0.1, -0.05) is 29.4 Å². The summed E-state index contributed by atoms with van der Waals surface area (Å²) < 4.78 is 24.6. The first-order valence-electron chi connectivity index (χ1n) is 5.96. The molecule has 2 rings (SSSR count). The highest BCUT2D eigenvalue weighted by atomic mass is 19.3. The third-order valence-corrected chi connectivity index (χ3v) is 2.75. The van der Waals surface area contributed by atoms with Crippen LogP contribution in [0.2, 0.25) is 0 Å². The fraction of sp³-hybridized carbons (Fsp3) is 0.357. The number of hydrogen-bond acceptors (Lipinski definition) is 2. The van der Waals surface area contributed by atoms with Gasteiger partial charge in [0, 0.05) is 17.5 Å². The summed E-state index contributed by atoms with van der Waals surface area (Å²) >= 11 is 0. The van der Waals surface area contributed by atoms with Crippen molar-refractivity contribution in [1.29, 1.82) is 0 Å². The van der Waals surface area contributed by atoms with Gasteiger partial charge in [-0.15, -0.1) is 0 Å². The number of alkyl halides is 2. The van der Waals surface area contributed by atoms with E-state index in [0.29, 0.717) is 5.56 Å². The molecule has 1 radical (unpaired) electrons. The third-order valence-electron chi connectivity index (χ3n) is 2.75. The Balaban J connectivity index is 1.90. The minimum absolute atomic E-state index is 0.00328. The largest absolute Gasteiger partial charge is 0.361 e. The van der Waals surface area contributed by atoms with Gasteiger partial charge in [-0.25, -0.2) is 8.78 Å². The molecule has 1 aromatic rings. The molecule has 0 atom stereocenters. The molecule has 18 heavy (non-hydrogen) atoms. The van der Waals surface area contributed by atoms with Crippen molar-refractivity contribution >= 4 is 6.21 Å². The molecule has 1 aliphatic carbocycles. The molecule has 0 heterocycles. The Bertz CT molecular complexity index is 438. The maximum Gasteiger partial charge on any atom is 0.263 e. The average Bonchev–Trinajstić information content (AvgIpc) is 2.40. The molecular formula is C14H14F2NO. The zero-order valence-electron chi connectivity index (χ0n) is 9.90. The van der Waals surface area contributed by atoms with Gasteiger partial charge in [0.05, 0.1) is 0 Å². The summed E-state index contributed by atoms with van der Waals surface area (Å²) in [5, 5.41) is 3.73. The fourth-order valence-corrected chi connectivity index (χ4v) is 1.73. The second-order valence-electron chi connectivity index (χ2n) is 4.13. The molecule has 0 bridgehead atoms. The number of halogens is 2. The second-order valence-corrected chi connectivity index (χ2v) is 4.13. The van der Waals surface area contributed by atoms with Crippen LogP contribution >= 0.6 is 0 Å². The standard InChI is InChI=1S/C14H14F2NO/c15-14(16)12-8-6-11(7-9-12)10-17-18-13-4-2-1-3-5-13/h4,6-9,14H,1-3,5H2. The van der Waals surface area contributed by atoms with Gasteiger partial charge in [0.1, 0.15) is 12.0 Å². The van der Waals surface area contributed by atoms with Crippen molar-refractivity contribution in [1.82, 2.24) is 0 Å². The van der Waals surface area contributed by atoms with Crippen molar-refractivity contribution in [2.24, 2.45) is 5.16 Å². The zero-order valence-corrected chi connectivity index (χ0v) is 9.90. The Hall–Kier alpha value is -1.71. The van der Waals surface area contributed by atoms with Gasteiger partial charge in [-0.2, -0.15) is 0 Å². The number of allylic oxidation sites excluding steroid dienone is 2. The highest BCUT2D eigenvalue weighted by Gasteiger charge is 2.06.